The second kappa shape index (κ2) is 7.01. The first-order chi connectivity index (χ1) is 13.3. The van der Waals surface area contributed by atoms with Crippen LogP contribution in [-0.4, -0.2) is 53.7 Å². The fourth-order valence-electron chi connectivity index (χ4n) is 3.90. The van der Waals surface area contributed by atoms with Gasteiger partial charge in [0.05, 0.1) is 5.69 Å². The first-order valence-corrected chi connectivity index (χ1v) is 10.5. The van der Waals surface area contributed by atoms with Crippen LogP contribution in [0.1, 0.15) is 36.4 Å². The van der Waals surface area contributed by atoms with Gasteiger partial charge < -0.3 is 4.90 Å². The molecule has 0 atom stereocenters. The molecule has 7 nitrogen and oxygen atoms in total. The Hall–Kier alpha value is -2.32. The third kappa shape index (κ3) is 3.12. The molecule has 1 aliphatic rings. The molecule has 0 unspecified atom stereocenters. The molecule has 0 radical (unpaired) electrons. The van der Waals surface area contributed by atoms with Crippen LogP contribution in [0.25, 0.3) is 22.1 Å². The van der Waals surface area contributed by atoms with E-state index in [9.17, 15) is 0 Å². The lowest BCUT2D eigenvalue weighted by atomic mass is 10.2. The molecule has 0 N–H and O–H groups in total. The molecule has 27 heavy (non-hydrogen) atoms. The van der Waals surface area contributed by atoms with E-state index < -0.39 is 0 Å². The molecule has 8 heteroatoms. The van der Waals surface area contributed by atoms with E-state index in [4.69, 9.17) is 5.10 Å². The number of nitrogens with zero attached hydrogens (tertiary/aromatic N) is 7. The van der Waals surface area contributed by atoms with Crippen LogP contribution in [0.4, 0.5) is 0 Å². The molecule has 0 bridgehead atoms. The number of hydrogen-bond acceptors (Lipinski definition) is 6. The molecular formula is C19H23N7S. The molecule has 5 heterocycles. The average molecular weight is 382 g/mol. The Bertz CT molecular complexity index is 1070. The van der Waals surface area contributed by atoms with Gasteiger partial charge in [0.1, 0.15) is 16.3 Å². The number of imidazole rings is 1. The fourth-order valence-corrected chi connectivity index (χ4v) is 4.72. The zero-order valence-electron chi connectivity index (χ0n) is 15.5. The number of pyridine rings is 1. The molecule has 0 amide bonds. The SMILES string of the molecule is Cc1nc2ccccn2c1-c1nnc2sc(CCN3CCCCCC3)nn12. The normalized spacial score (nSPS) is 16.3. The summed E-state index contributed by atoms with van der Waals surface area (Å²) in [7, 11) is 0. The van der Waals surface area contributed by atoms with E-state index in [2.05, 4.69) is 24.5 Å². The summed E-state index contributed by atoms with van der Waals surface area (Å²) >= 11 is 1.64. The molecule has 4 aromatic rings. The van der Waals surface area contributed by atoms with Crippen molar-refractivity contribution in [3.8, 4) is 11.5 Å². The van der Waals surface area contributed by atoms with Crippen LogP contribution < -0.4 is 0 Å². The lowest BCUT2D eigenvalue weighted by Crippen LogP contribution is -2.26. The van der Waals surface area contributed by atoms with Gasteiger partial charge in [-0.05, 0) is 45.0 Å². The number of rotatable bonds is 4. The van der Waals surface area contributed by atoms with E-state index in [-0.39, 0.29) is 0 Å². The van der Waals surface area contributed by atoms with Gasteiger partial charge in [0, 0.05) is 19.2 Å². The summed E-state index contributed by atoms with van der Waals surface area (Å²) < 4.78 is 3.94. The Balaban J connectivity index is 1.44. The van der Waals surface area contributed by atoms with Gasteiger partial charge >= 0.3 is 0 Å². The Morgan fingerprint density at radius 1 is 1.07 bits per heavy atom. The van der Waals surface area contributed by atoms with Gasteiger partial charge in [-0.15, -0.1) is 10.2 Å². The summed E-state index contributed by atoms with van der Waals surface area (Å²) in [5.74, 6) is 0.762. The molecule has 0 saturated carbocycles. The van der Waals surface area contributed by atoms with Crippen molar-refractivity contribution < 1.29 is 0 Å². The summed E-state index contributed by atoms with van der Waals surface area (Å²) in [6.45, 7) is 5.52. The summed E-state index contributed by atoms with van der Waals surface area (Å²) in [5, 5.41) is 14.7. The monoisotopic (exact) mass is 381 g/mol. The fraction of sp³-hybridized carbons (Fsp3) is 0.474. The molecule has 0 spiro atoms. The maximum atomic E-state index is 4.83. The van der Waals surface area contributed by atoms with E-state index in [0.29, 0.717) is 0 Å². The van der Waals surface area contributed by atoms with Crippen molar-refractivity contribution in [3.63, 3.8) is 0 Å². The number of aromatic nitrogens is 6. The topological polar surface area (TPSA) is 63.6 Å². The van der Waals surface area contributed by atoms with Gasteiger partial charge in [-0.3, -0.25) is 4.40 Å². The smallest absolute Gasteiger partial charge is 0.235 e. The van der Waals surface area contributed by atoms with Gasteiger partial charge in [0.2, 0.25) is 10.8 Å². The second-order valence-corrected chi connectivity index (χ2v) is 8.23. The van der Waals surface area contributed by atoms with Crippen LogP contribution in [0.3, 0.4) is 0 Å². The lowest BCUT2D eigenvalue weighted by Gasteiger charge is -2.18. The zero-order valence-corrected chi connectivity index (χ0v) is 16.3. The van der Waals surface area contributed by atoms with Crippen LogP contribution in [0.5, 0.6) is 0 Å². The van der Waals surface area contributed by atoms with Gasteiger partial charge in [0.25, 0.3) is 0 Å². The van der Waals surface area contributed by atoms with Crippen LogP contribution in [-0.2, 0) is 6.42 Å². The first-order valence-electron chi connectivity index (χ1n) is 9.67. The van der Waals surface area contributed by atoms with Crippen LogP contribution in [0, 0.1) is 6.92 Å². The van der Waals surface area contributed by atoms with E-state index in [1.165, 1.54) is 38.8 Å². The highest BCUT2D eigenvalue weighted by atomic mass is 32.1. The van der Waals surface area contributed by atoms with Crippen molar-refractivity contribution in [2.45, 2.75) is 39.0 Å². The third-order valence-corrected chi connectivity index (χ3v) is 6.25. The van der Waals surface area contributed by atoms with Crippen molar-refractivity contribution in [2.24, 2.45) is 0 Å². The minimum absolute atomic E-state index is 0.762. The predicted octanol–water partition coefficient (Wildman–Crippen LogP) is 3.23. The van der Waals surface area contributed by atoms with Crippen molar-refractivity contribution in [1.82, 2.24) is 34.1 Å². The van der Waals surface area contributed by atoms with E-state index >= 15 is 0 Å². The molecule has 5 rings (SSSR count). The third-order valence-electron chi connectivity index (χ3n) is 5.29. The van der Waals surface area contributed by atoms with Crippen molar-refractivity contribution in [3.05, 3.63) is 35.1 Å². The number of fused-ring (bicyclic) bond motifs is 2. The van der Waals surface area contributed by atoms with Gasteiger partial charge in [-0.25, -0.2) is 4.98 Å². The number of aryl methyl sites for hydroxylation is 1. The summed E-state index contributed by atoms with van der Waals surface area (Å²) in [4.78, 5) is 8.06. The minimum Gasteiger partial charge on any atom is -0.303 e. The summed E-state index contributed by atoms with van der Waals surface area (Å²) in [6, 6.07) is 6.00. The maximum absolute atomic E-state index is 4.83. The molecule has 0 aromatic carbocycles. The summed E-state index contributed by atoms with van der Waals surface area (Å²) in [6.07, 6.45) is 8.37. The Labute approximate surface area is 161 Å². The van der Waals surface area contributed by atoms with E-state index in [1.54, 1.807) is 11.3 Å². The number of likely N-dealkylation sites (tertiary alicyclic amines) is 1. The first kappa shape index (κ1) is 16.8. The van der Waals surface area contributed by atoms with Crippen molar-refractivity contribution in [2.75, 3.05) is 19.6 Å². The predicted molar refractivity (Wildman–Crippen MR) is 106 cm³/mol. The van der Waals surface area contributed by atoms with E-state index in [1.807, 2.05) is 35.8 Å². The Morgan fingerprint density at radius 3 is 2.78 bits per heavy atom. The largest absolute Gasteiger partial charge is 0.303 e. The molecule has 140 valence electrons. The highest BCUT2D eigenvalue weighted by Crippen LogP contribution is 2.25. The Morgan fingerprint density at radius 2 is 1.93 bits per heavy atom. The quantitative estimate of drug-likeness (QED) is 0.543. The molecule has 4 aromatic heterocycles. The average Bonchev–Trinajstić information content (AvgIpc) is 3.26. The highest BCUT2D eigenvalue weighted by Gasteiger charge is 2.20. The molecular weight excluding hydrogens is 358 g/mol. The van der Waals surface area contributed by atoms with Crippen LogP contribution in [0.2, 0.25) is 0 Å². The Kier molecular flexibility index (Phi) is 4.37. The molecule has 1 aliphatic heterocycles. The van der Waals surface area contributed by atoms with Gasteiger partial charge in [0.15, 0.2) is 0 Å². The maximum Gasteiger partial charge on any atom is 0.235 e. The van der Waals surface area contributed by atoms with E-state index in [0.717, 1.165) is 45.8 Å². The zero-order chi connectivity index (χ0) is 18.2. The summed E-state index contributed by atoms with van der Waals surface area (Å²) in [5.41, 5.74) is 2.82. The standard InChI is InChI=1S/C19H23N7S/c1-14-17(25-12-7-4-8-15(25)20-14)18-21-22-19-26(18)23-16(27-19)9-13-24-10-5-2-3-6-11-24/h4,7-8,12H,2-3,5-6,9-11,13H2,1H3. The number of hydrogen-bond donors (Lipinski definition) is 0. The lowest BCUT2D eigenvalue weighted by molar-refractivity contribution is 0.288. The molecule has 1 saturated heterocycles. The van der Waals surface area contributed by atoms with Gasteiger partial charge in [-0.1, -0.05) is 30.2 Å². The molecule has 1 fully saturated rings. The minimum atomic E-state index is 0.762. The van der Waals surface area contributed by atoms with Crippen molar-refractivity contribution in [1.29, 1.82) is 0 Å². The highest BCUT2D eigenvalue weighted by molar-refractivity contribution is 7.16. The van der Waals surface area contributed by atoms with Gasteiger partial charge in [-0.2, -0.15) is 9.61 Å². The van der Waals surface area contributed by atoms with Crippen LogP contribution in [0.15, 0.2) is 24.4 Å². The second-order valence-electron chi connectivity index (χ2n) is 7.19. The molecule has 0 aliphatic carbocycles. The van der Waals surface area contributed by atoms with Crippen molar-refractivity contribution >= 4 is 21.9 Å². The van der Waals surface area contributed by atoms with Crippen LogP contribution >= 0.6 is 11.3 Å².